The number of fused-ring (bicyclic) bond motifs is 1. The summed E-state index contributed by atoms with van der Waals surface area (Å²) >= 11 is 0. The minimum Gasteiger partial charge on any atom is -0.481 e. The number of sulfone groups is 1. The van der Waals surface area contributed by atoms with Gasteiger partial charge in [0.05, 0.1) is 17.1 Å². The molecule has 0 bridgehead atoms. The zero-order valence-corrected chi connectivity index (χ0v) is 14.6. The molecule has 2 unspecified atom stereocenters. The molecule has 0 radical (unpaired) electrons. The maximum absolute atomic E-state index is 12.3. The number of benzene rings is 1. The van der Waals surface area contributed by atoms with Gasteiger partial charge in [-0.25, -0.2) is 13.2 Å². The van der Waals surface area contributed by atoms with E-state index in [4.69, 9.17) is 15.6 Å². The summed E-state index contributed by atoms with van der Waals surface area (Å²) in [4.78, 5) is 23.0. The predicted octanol–water partition coefficient (Wildman–Crippen LogP) is 1.37. The van der Waals surface area contributed by atoms with Crippen molar-refractivity contribution >= 4 is 21.8 Å². The van der Waals surface area contributed by atoms with Crippen molar-refractivity contribution in [1.29, 1.82) is 0 Å². The molecule has 3 N–H and O–H groups in total. The lowest BCUT2D eigenvalue weighted by atomic mass is 9.95. The molecular weight excluding hydrogens is 334 g/mol. The Labute approximate surface area is 140 Å². The third-order valence-corrected chi connectivity index (χ3v) is 5.54. The molecule has 0 fully saturated rings. The third-order valence-electron chi connectivity index (χ3n) is 3.67. The number of esters is 1. The predicted molar refractivity (Wildman–Crippen MR) is 86.3 cm³/mol. The summed E-state index contributed by atoms with van der Waals surface area (Å²) in [6, 6.07) is 3.32. The number of nitrogens with two attached hydrogens (primary N) is 1. The van der Waals surface area contributed by atoms with Crippen molar-refractivity contribution in [3.05, 3.63) is 29.3 Å². The molecule has 132 valence electrons. The van der Waals surface area contributed by atoms with E-state index in [9.17, 15) is 18.0 Å². The van der Waals surface area contributed by atoms with E-state index >= 15 is 0 Å². The molecule has 24 heavy (non-hydrogen) atoms. The summed E-state index contributed by atoms with van der Waals surface area (Å²) in [6.07, 6.45) is -0.260. The zero-order valence-electron chi connectivity index (χ0n) is 13.8. The van der Waals surface area contributed by atoms with Crippen LogP contribution in [0.2, 0.25) is 0 Å². The zero-order chi connectivity index (χ0) is 18.3. The molecule has 2 atom stereocenters. The van der Waals surface area contributed by atoms with Gasteiger partial charge >= 0.3 is 11.9 Å². The highest BCUT2D eigenvalue weighted by Gasteiger charge is 2.37. The van der Waals surface area contributed by atoms with Crippen LogP contribution in [0.15, 0.2) is 23.1 Å². The van der Waals surface area contributed by atoms with Crippen molar-refractivity contribution in [2.45, 2.75) is 49.6 Å². The van der Waals surface area contributed by atoms with Crippen molar-refractivity contribution < 1.29 is 27.9 Å². The first-order valence-electron chi connectivity index (χ1n) is 7.47. The van der Waals surface area contributed by atoms with E-state index in [1.165, 1.54) is 12.1 Å². The van der Waals surface area contributed by atoms with Crippen LogP contribution in [0.5, 0.6) is 0 Å². The van der Waals surface area contributed by atoms with Crippen LogP contribution in [0.25, 0.3) is 0 Å². The van der Waals surface area contributed by atoms with Gasteiger partial charge in [-0.2, -0.15) is 0 Å². The van der Waals surface area contributed by atoms with Crippen molar-refractivity contribution in [3.63, 3.8) is 0 Å². The molecule has 1 aliphatic heterocycles. The number of carbonyl (C=O) groups excluding carboxylic acids is 1. The minimum absolute atomic E-state index is 0.0465. The summed E-state index contributed by atoms with van der Waals surface area (Å²) in [5, 5.41) is 8.92. The van der Waals surface area contributed by atoms with Gasteiger partial charge in [-0.3, -0.25) is 4.79 Å². The minimum atomic E-state index is -3.59. The standard InChI is InChI=1S/C16H21NO6S/c1-16(2,3)23-15(20)14(17)9-4-5-11-10(7-13(18)19)8-24(21,22)12(11)6-9/h4-6,10,14H,7-8,17H2,1-3H3,(H,18,19). The molecule has 0 saturated carbocycles. The Morgan fingerprint density at radius 1 is 1.38 bits per heavy atom. The second-order valence-corrected chi connectivity index (χ2v) is 8.89. The maximum atomic E-state index is 12.3. The first-order valence-corrected chi connectivity index (χ1v) is 9.13. The Bertz CT molecular complexity index is 778. The largest absolute Gasteiger partial charge is 0.481 e. The van der Waals surface area contributed by atoms with E-state index in [1.54, 1.807) is 26.8 Å². The number of ether oxygens (including phenoxy) is 1. The molecule has 0 spiro atoms. The number of hydrogen-bond donors (Lipinski definition) is 2. The molecule has 0 amide bonds. The van der Waals surface area contributed by atoms with Gasteiger partial charge in [-0.05, 0) is 38.0 Å². The first kappa shape index (κ1) is 18.4. The van der Waals surface area contributed by atoms with Crippen LogP contribution < -0.4 is 5.73 Å². The van der Waals surface area contributed by atoms with Crippen molar-refractivity contribution in [2.75, 3.05) is 5.75 Å². The van der Waals surface area contributed by atoms with Crippen LogP contribution in [0, 0.1) is 0 Å². The Kier molecular flexibility index (Phi) is 4.74. The normalized spacial score (nSPS) is 20.2. The molecule has 0 saturated heterocycles. The smallest absolute Gasteiger partial charge is 0.328 e. The van der Waals surface area contributed by atoms with Gasteiger partial charge in [0.2, 0.25) is 0 Å². The summed E-state index contributed by atoms with van der Waals surface area (Å²) in [7, 11) is -3.59. The molecular formula is C16H21NO6S. The van der Waals surface area contributed by atoms with E-state index in [1.807, 2.05) is 0 Å². The van der Waals surface area contributed by atoms with Crippen LogP contribution in [0.1, 0.15) is 50.3 Å². The number of carboxylic acids is 1. The Morgan fingerprint density at radius 2 is 2.00 bits per heavy atom. The lowest BCUT2D eigenvalue weighted by Crippen LogP contribution is -2.31. The average molecular weight is 355 g/mol. The van der Waals surface area contributed by atoms with Gasteiger partial charge in [0, 0.05) is 5.92 Å². The molecule has 8 heteroatoms. The van der Waals surface area contributed by atoms with Crippen LogP contribution in [0.3, 0.4) is 0 Å². The molecule has 1 aromatic carbocycles. The molecule has 1 heterocycles. The Hall–Kier alpha value is -1.93. The summed E-state index contributed by atoms with van der Waals surface area (Å²) in [5.74, 6) is -2.55. The fraction of sp³-hybridized carbons (Fsp3) is 0.500. The highest BCUT2D eigenvalue weighted by atomic mass is 32.2. The van der Waals surface area contributed by atoms with E-state index in [0.717, 1.165) is 0 Å². The van der Waals surface area contributed by atoms with Crippen molar-refractivity contribution in [2.24, 2.45) is 5.73 Å². The van der Waals surface area contributed by atoms with E-state index in [2.05, 4.69) is 0 Å². The van der Waals surface area contributed by atoms with E-state index in [0.29, 0.717) is 11.1 Å². The van der Waals surface area contributed by atoms with Crippen LogP contribution in [-0.2, 0) is 24.2 Å². The first-order chi connectivity index (χ1) is 10.9. The molecule has 1 aliphatic rings. The average Bonchev–Trinajstić information content (AvgIpc) is 2.66. The third kappa shape index (κ3) is 3.93. The topological polar surface area (TPSA) is 124 Å². The molecule has 2 rings (SSSR count). The van der Waals surface area contributed by atoms with Gasteiger partial charge in [-0.15, -0.1) is 0 Å². The number of rotatable bonds is 4. The van der Waals surface area contributed by atoms with Crippen molar-refractivity contribution in [1.82, 2.24) is 0 Å². The highest BCUT2D eigenvalue weighted by molar-refractivity contribution is 7.91. The Balaban J connectivity index is 2.34. The summed E-state index contributed by atoms with van der Waals surface area (Å²) in [5.41, 5.74) is 5.95. The highest BCUT2D eigenvalue weighted by Crippen LogP contribution is 2.38. The summed E-state index contributed by atoms with van der Waals surface area (Å²) < 4.78 is 29.7. The van der Waals surface area contributed by atoms with Gasteiger partial charge in [0.25, 0.3) is 0 Å². The molecule has 7 nitrogen and oxygen atoms in total. The second kappa shape index (κ2) is 6.18. The molecule has 1 aromatic rings. The van der Waals surface area contributed by atoms with Crippen molar-refractivity contribution in [3.8, 4) is 0 Å². The van der Waals surface area contributed by atoms with Crippen LogP contribution >= 0.6 is 0 Å². The molecule has 0 aliphatic carbocycles. The van der Waals surface area contributed by atoms with Gasteiger partial charge < -0.3 is 15.6 Å². The summed E-state index contributed by atoms with van der Waals surface area (Å²) in [6.45, 7) is 5.13. The van der Waals surface area contributed by atoms with E-state index < -0.39 is 39.3 Å². The SMILES string of the molecule is CC(C)(C)OC(=O)C(N)c1ccc2c(c1)S(=O)(=O)CC2CC(=O)O. The lowest BCUT2D eigenvalue weighted by Gasteiger charge is -2.22. The van der Waals surface area contributed by atoms with E-state index in [-0.39, 0.29) is 17.1 Å². The number of carboxylic acid groups (broad SMARTS) is 1. The maximum Gasteiger partial charge on any atom is 0.328 e. The second-order valence-electron chi connectivity index (χ2n) is 6.88. The number of aliphatic carboxylic acids is 1. The number of hydrogen-bond acceptors (Lipinski definition) is 6. The number of carbonyl (C=O) groups is 2. The fourth-order valence-electron chi connectivity index (χ4n) is 2.68. The fourth-order valence-corrected chi connectivity index (χ4v) is 4.59. The van der Waals surface area contributed by atoms with Crippen LogP contribution in [0.4, 0.5) is 0 Å². The van der Waals surface area contributed by atoms with Gasteiger partial charge in [0.15, 0.2) is 9.84 Å². The van der Waals surface area contributed by atoms with Gasteiger partial charge in [0.1, 0.15) is 11.6 Å². The quantitative estimate of drug-likeness (QED) is 0.782. The Morgan fingerprint density at radius 3 is 2.54 bits per heavy atom. The molecule has 0 aromatic heterocycles. The monoisotopic (exact) mass is 355 g/mol. The lowest BCUT2D eigenvalue weighted by molar-refractivity contribution is -0.156. The van der Waals surface area contributed by atoms with Crippen LogP contribution in [-0.4, -0.2) is 36.8 Å². The van der Waals surface area contributed by atoms with Gasteiger partial charge in [-0.1, -0.05) is 12.1 Å².